The third-order valence-electron chi connectivity index (χ3n) is 4.21. The van der Waals surface area contributed by atoms with E-state index in [0.717, 1.165) is 29.2 Å². The van der Waals surface area contributed by atoms with Crippen LogP contribution in [0.5, 0.6) is 0 Å². The third-order valence-corrected chi connectivity index (χ3v) is 4.21. The van der Waals surface area contributed by atoms with Crippen molar-refractivity contribution >= 4 is 11.9 Å². The summed E-state index contributed by atoms with van der Waals surface area (Å²) in [6.45, 7) is 1.20. The molecule has 0 radical (unpaired) electrons. The van der Waals surface area contributed by atoms with Crippen molar-refractivity contribution in [3.05, 3.63) is 59.7 Å². The largest absolute Gasteiger partial charge is 0.479 e. The molecule has 3 N–H and O–H groups in total. The second kappa shape index (κ2) is 5.52. The van der Waals surface area contributed by atoms with Crippen LogP contribution in [0, 0.1) is 0 Å². The number of carbonyl (C=O) groups is 2. The molecule has 0 aliphatic heterocycles. The Morgan fingerprint density at radius 1 is 1.09 bits per heavy atom. The molecule has 1 aliphatic rings. The normalized spacial score (nSPS) is 15.4. The van der Waals surface area contributed by atoms with E-state index in [4.69, 9.17) is 15.6 Å². The molecule has 0 heterocycles. The highest BCUT2D eigenvalue weighted by atomic mass is 16.5. The number of benzene rings is 2. The molecule has 0 aromatic heterocycles. The van der Waals surface area contributed by atoms with Gasteiger partial charge in [-0.1, -0.05) is 48.5 Å². The Balaban J connectivity index is 1.87. The van der Waals surface area contributed by atoms with Crippen LogP contribution in [-0.2, 0) is 14.3 Å². The average Bonchev–Trinajstić information content (AvgIpc) is 2.86. The molecule has 2 aromatic rings. The summed E-state index contributed by atoms with van der Waals surface area (Å²) in [6, 6.07) is 15.8. The highest BCUT2D eigenvalue weighted by Gasteiger charge is 2.39. The predicted molar refractivity (Wildman–Crippen MR) is 84.9 cm³/mol. The second-order valence-corrected chi connectivity index (χ2v) is 5.83. The van der Waals surface area contributed by atoms with Crippen LogP contribution in [-0.4, -0.2) is 29.2 Å². The van der Waals surface area contributed by atoms with Gasteiger partial charge < -0.3 is 15.6 Å². The van der Waals surface area contributed by atoms with E-state index in [1.807, 2.05) is 48.5 Å². The van der Waals surface area contributed by atoms with E-state index in [1.54, 1.807) is 0 Å². The van der Waals surface area contributed by atoms with E-state index >= 15 is 0 Å². The zero-order valence-corrected chi connectivity index (χ0v) is 12.7. The topological polar surface area (TPSA) is 89.6 Å². The molecule has 2 aromatic carbocycles. The van der Waals surface area contributed by atoms with Crippen LogP contribution in [0.4, 0.5) is 0 Å². The number of fused-ring (bicyclic) bond motifs is 3. The summed E-state index contributed by atoms with van der Waals surface area (Å²) in [7, 11) is 0. The predicted octanol–water partition coefficient (Wildman–Crippen LogP) is 2.14. The molecule has 0 saturated heterocycles. The fraction of sp³-hybridized carbons (Fsp3) is 0.222. The lowest BCUT2D eigenvalue weighted by Crippen LogP contribution is -2.53. The Hall–Kier alpha value is -2.66. The molecular formula is C18H17NO4. The molecule has 3 rings (SSSR count). The number of carboxylic acid groups (broad SMARTS) is 1. The minimum atomic E-state index is -2.04. The maximum absolute atomic E-state index is 12.0. The van der Waals surface area contributed by atoms with Crippen molar-refractivity contribution in [2.45, 2.75) is 18.4 Å². The molecule has 1 aliphatic carbocycles. The van der Waals surface area contributed by atoms with Gasteiger partial charge in [-0.15, -0.1) is 0 Å². The zero-order chi connectivity index (χ0) is 16.6. The van der Waals surface area contributed by atoms with Crippen LogP contribution < -0.4 is 5.73 Å². The maximum atomic E-state index is 12.0. The van der Waals surface area contributed by atoms with Crippen molar-refractivity contribution in [2.24, 2.45) is 5.73 Å². The van der Waals surface area contributed by atoms with Crippen molar-refractivity contribution in [2.75, 3.05) is 6.61 Å². The second-order valence-electron chi connectivity index (χ2n) is 5.83. The Morgan fingerprint density at radius 2 is 1.57 bits per heavy atom. The number of carbonyl (C=O) groups excluding carboxylic acids is 1. The number of rotatable bonds is 4. The quantitative estimate of drug-likeness (QED) is 0.667. The SMILES string of the molecule is C[C@@](N)(C(=O)O)C(=O)OCC1c2ccccc2-c2ccccc21. The van der Waals surface area contributed by atoms with Crippen molar-refractivity contribution in [3.63, 3.8) is 0 Å². The van der Waals surface area contributed by atoms with Crippen molar-refractivity contribution in [1.29, 1.82) is 0 Å². The number of carboxylic acids is 1. The zero-order valence-electron chi connectivity index (χ0n) is 12.7. The van der Waals surface area contributed by atoms with Crippen molar-refractivity contribution < 1.29 is 19.4 Å². The van der Waals surface area contributed by atoms with Gasteiger partial charge in [-0.05, 0) is 29.2 Å². The van der Waals surface area contributed by atoms with Gasteiger partial charge in [0, 0.05) is 5.92 Å². The summed E-state index contributed by atoms with van der Waals surface area (Å²) in [5.41, 5.74) is 7.81. The summed E-state index contributed by atoms with van der Waals surface area (Å²) in [4.78, 5) is 23.0. The van der Waals surface area contributed by atoms with Gasteiger partial charge in [0.15, 0.2) is 0 Å². The van der Waals surface area contributed by atoms with Crippen LogP contribution >= 0.6 is 0 Å². The highest BCUT2D eigenvalue weighted by Crippen LogP contribution is 2.44. The standard InChI is InChI=1S/C18H17NO4/c1-18(19,16(20)21)17(22)23-10-15-13-8-4-2-6-11(13)12-7-3-5-9-14(12)15/h2-9,15H,10,19H2,1H3,(H,20,21)/t18-/m1/s1. The smallest absolute Gasteiger partial charge is 0.337 e. The number of esters is 1. The number of nitrogens with two attached hydrogens (primary N) is 1. The molecule has 0 saturated carbocycles. The van der Waals surface area contributed by atoms with E-state index in [0.29, 0.717) is 0 Å². The maximum Gasteiger partial charge on any atom is 0.337 e. The number of aliphatic carboxylic acids is 1. The molecular weight excluding hydrogens is 294 g/mol. The van der Waals surface area contributed by atoms with Gasteiger partial charge in [0.2, 0.25) is 5.54 Å². The van der Waals surface area contributed by atoms with Gasteiger partial charge in [-0.3, -0.25) is 0 Å². The van der Waals surface area contributed by atoms with Crippen LogP contribution in [0.15, 0.2) is 48.5 Å². The molecule has 5 heteroatoms. The molecule has 118 valence electrons. The van der Waals surface area contributed by atoms with Crippen LogP contribution in [0.3, 0.4) is 0 Å². The number of ether oxygens (including phenoxy) is 1. The summed E-state index contributed by atoms with van der Waals surface area (Å²) in [5.74, 6) is -2.46. The lowest BCUT2D eigenvalue weighted by atomic mass is 9.98. The number of hydrogen-bond acceptors (Lipinski definition) is 4. The van der Waals surface area contributed by atoms with E-state index in [1.165, 1.54) is 0 Å². The molecule has 23 heavy (non-hydrogen) atoms. The Kier molecular flexibility index (Phi) is 3.66. The van der Waals surface area contributed by atoms with Crippen molar-refractivity contribution in [3.8, 4) is 11.1 Å². The minimum Gasteiger partial charge on any atom is -0.479 e. The molecule has 0 fully saturated rings. The van der Waals surface area contributed by atoms with Gasteiger partial charge in [0.25, 0.3) is 0 Å². The van der Waals surface area contributed by atoms with Gasteiger partial charge in [0.1, 0.15) is 6.61 Å². The molecule has 1 atom stereocenters. The van der Waals surface area contributed by atoms with Gasteiger partial charge in [-0.25, -0.2) is 9.59 Å². The van der Waals surface area contributed by atoms with E-state index in [2.05, 4.69) is 0 Å². The summed E-state index contributed by atoms with van der Waals surface area (Å²) in [6.07, 6.45) is 0. The van der Waals surface area contributed by atoms with Gasteiger partial charge in [-0.2, -0.15) is 0 Å². The lowest BCUT2D eigenvalue weighted by Gasteiger charge is -2.20. The highest BCUT2D eigenvalue weighted by molar-refractivity contribution is 6.03. The Morgan fingerprint density at radius 3 is 2.04 bits per heavy atom. The van der Waals surface area contributed by atoms with Crippen LogP contribution in [0.1, 0.15) is 24.0 Å². The first kappa shape index (κ1) is 15.2. The Bertz CT molecular complexity index is 737. The fourth-order valence-corrected chi connectivity index (χ4v) is 2.84. The fourth-order valence-electron chi connectivity index (χ4n) is 2.84. The lowest BCUT2D eigenvalue weighted by molar-refractivity contribution is -0.160. The van der Waals surface area contributed by atoms with E-state index < -0.39 is 17.5 Å². The average molecular weight is 311 g/mol. The van der Waals surface area contributed by atoms with Gasteiger partial charge in [0.05, 0.1) is 0 Å². The van der Waals surface area contributed by atoms with E-state index in [-0.39, 0.29) is 12.5 Å². The van der Waals surface area contributed by atoms with Gasteiger partial charge >= 0.3 is 11.9 Å². The summed E-state index contributed by atoms with van der Waals surface area (Å²) >= 11 is 0. The van der Waals surface area contributed by atoms with Crippen LogP contribution in [0.25, 0.3) is 11.1 Å². The summed E-state index contributed by atoms with van der Waals surface area (Å²) in [5, 5.41) is 8.99. The van der Waals surface area contributed by atoms with E-state index in [9.17, 15) is 9.59 Å². The molecule has 5 nitrogen and oxygen atoms in total. The molecule has 0 amide bonds. The molecule has 0 unspecified atom stereocenters. The Labute approximate surface area is 133 Å². The third kappa shape index (κ3) is 2.49. The van der Waals surface area contributed by atoms with Crippen LogP contribution in [0.2, 0.25) is 0 Å². The monoisotopic (exact) mass is 311 g/mol. The molecule has 0 bridgehead atoms. The minimum absolute atomic E-state index is 0.0624. The summed E-state index contributed by atoms with van der Waals surface area (Å²) < 4.78 is 5.22. The number of hydrogen-bond donors (Lipinski definition) is 2. The van der Waals surface area contributed by atoms with Crippen molar-refractivity contribution in [1.82, 2.24) is 0 Å². The molecule has 0 spiro atoms. The first-order chi connectivity index (χ1) is 10.9. The first-order valence-corrected chi connectivity index (χ1v) is 7.30. The first-order valence-electron chi connectivity index (χ1n) is 7.30.